The van der Waals surface area contributed by atoms with E-state index in [0.717, 1.165) is 25.3 Å². The van der Waals surface area contributed by atoms with E-state index in [-0.39, 0.29) is 17.2 Å². The smallest absolute Gasteiger partial charge is 0.444 e. The zero-order valence-electron chi connectivity index (χ0n) is 19.0. The molecule has 9 nitrogen and oxygen atoms in total. The summed E-state index contributed by atoms with van der Waals surface area (Å²) in [5.41, 5.74) is -5.91. The van der Waals surface area contributed by atoms with E-state index < -0.39 is 33.6 Å². The Morgan fingerprint density at radius 1 is 1.24 bits per heavy atom. The second-order valence-corrected chi connectivity index (χ2v) is 10.7. The monoisotopic (exact) mass is 508 g/mol. The van der Waals surface area contributed by atoms with Crippen LogP contribution in [0.4, 0.5) is 18.0 Å². The van der Waals surface area contributed by atoms with E-state index in [1.807, 2.05) is 20.8 Å². The van der Waals surface area contributed by atoms with Crippen molar-refractivity contribution in [3.8, 4) is 5.75 Å². The van der Waals surface area contributed by atoms with Gasteiger partial charge in [0.05, 0.1) is 17.9 Å². The summed E-state index contributed by atoms with van der Waals surface area (Å²) in [6.45, 7) is 5.77. The number of ether oxygens (including phenoxy) is 1. The Labute approximate surface area is 194 Å². The van der Waals surface area contributed by atoms with Gasteiger partial charge in [0.2, 0.25) is 0 Å². The molecule has 1 aliphatic heterocycles. The van der Waals surface area contributed by atoms with Gasteiger partial charge in [-0.05, 0) is 64.5 Å². The predicted octanol–water partition coefficient (Wildman–Crippen LogP) is 4.13. The maximum atomic E-state index is 12.7. The van der Waals surface area contributed by atoms with E-state index in [9.17, 15) is 31.5 Å². The second-order valence-electron chi connectivity index (χ2n) is 9.14. The number of benzene rings is 1. The number of aromatic nitrogens is 1. The highest BCUT2D eigenvalue weighted by Crippen LogP contribution is 2.35. The molecule has 0 radical (unpaired) electrons. The molecular weight excluding hydrogens is 481 g/mol. The van der Waals surface area contributed by atoms with Crippen molar-refractivity contribution in [2.45, 2.75) is 64.2 Å². The first-order valence-electron chi connectivity index (χ1n) is 10.7. The van der Waals surface area contributed by atoms with Gasteiger partial charge in [-0.15, -0.1) is 0 Å². The number of nitrogens with zero attached hydrogens (tertiary/aromatic N) is 2. The molecule has 1 amide bonds. The highest BCUT2D eigenvalue weighted by atomic mass is 32.2. The molecule has 1 saturated heterocycles. The Bertz CT molecular complexity index is 1130. The number of rotatable bonds is 6. The zero-order valence-corrected chi connectivity index (χ0v) is 19.8. The fourth-order valence-corrected chi connectivity index (χ4v) is 4.22. The summed E-state index contributed by atoms with van der Waals surface area (Å²) in [7, 11) is -5.90. The van der Waals surface area contributed by atoms with Gasteiger partial charge in [-0.1, -0.05) is 5.16 Å². The van der Waals surface area contributed by atoms with Crippen LogP contribution in [0.3, 0.4) is 0 Å². The van der Waals surface area contributed by atoms with Crippen molar-refractivity contribution in [3.05, 3.63) is 23.4 Å². The van der Waals surface area contributed by atoms with E-state index in [1.54, 1.807) is 4.90 Å². The zero-order chi connectivity index (χ0) is 25.3. The van der Waals surface area contributed by atoms with Crippen LogP contribution in [0.2, 0.25) is 0 Å². The van der Waals surface area contributed by atoms with Gasteiger partial charge in [-0.2, -0.15) is 21.6 Å². The molecule has 2 aromatic rings. The molecule has 0 aliphatic carbocycles. The molecule has 0 bridgehead atoms. The van der Waals surface area contributed by atoms with Crippen LogP contribution < -0.4 is 4.18 Å². The summed E-state index contributed by atoms with van der Waals surface area (Å²) >= 11 is 0. The Hall–Kier alpha value is -2.54. The summed E-state index contributed by atoms with van der Waals surface area (Å²) in [6.07, 6.45) is 2.46. The van der Waals surface area contributed by atoms with Crippen molar-refractivity contribution < 1.29 is 44.9 Å². The molecule has 2 heterocycles. The Kier molecular flexibility index (Phi) is 7.37. The number of alkyl halides is 3. The first-order chi connectivity index (χ1) is 15.7. The molecule has 1 fully saturated rings. The molecule has 0 atom stereocenters. The number of hydrogen-bond acceptors (Lipinski definition) is 8. The molecule has 1 aromatic heterocycles. The predicted molar refractivity (Wildman–Crippen MR) is 114 cm³/mol. The molecule has 0 spiro atoms. The number of aliphatic hydroxyl groups is 1. The number of piperidine rings is 1. The maximum absolute atomic E-state index is 12.7. The van der Waals surface area contributed by atoms with E-state index in [0.29, 0.717) is 36.5 Å². The number of fused-ring (bicyclic) bond motifs is 1. The fourth-order valence-electron chi connectivity index (χ4n) is 3.74. The van der Waals surface area contributed by atoms with E-state index >= 15 is 0 Å². The van der Waals surface area contributed by atoms with Gasteiger partial charge in [0.25, 0.3) is 0 Å². The number of carbonyl (C=O) groups is 1. The van der Waals surface area contributed by atoms with Crippen LogP contribution in [0.1, 0.15) is 51.3 Å². The van der Waals surface area contributed by atoms with E-state index in [1.165, 1.54) is 6.07 Å². The highest BCUT2D eigenvalue weighted by Gasteiger charge is 2.49. The van der Waals surface area contributed by atoms with Crippen molar-refractivity contribution in [2.75, 3.05) is 13.1 Å². The third kappa shape index (κ3) is 5.93. The number of hydrogen-bond donors (Lipinski definition) is 1. The SMILES string of the molecule is CC(C)(C)OC(=O)N1CCC(CCc2noc3c(CO)c(OS(=O)(=O)C(F)(F)F)ccc23)CC1. The summed E-state index contributed by atoms with van der Waals surface area (Å²) < 4.78 is 75.4. The maximum Gasteiger partial charge on any atom is 0.534 e. The molecule has 1 N–H and O–H groups in total. The number of aliphatic hydroxyl groups excluding tert-OH is 1. The van der Waals surface area contributed by atoms with Gasteiger partial charge in [0, 0.05) is 18.5 Å². The quantitative estimate of drug-likeness (QED) is 0.457. The lowest BCUT2D eigenvalue weighted by Gasteiger charge is -2.33. The minimum atomic E-state index is -5.90. The van der Waals surface area contributed by atoms with Crippen LogP contribution in [0.15, 0.2) is 16.7 Å². The summed E-state index contributed by atoms with van der Waals surface area (Å²) in [5.74, 6) is -0.355. The van der Waals surface area contributed by atoms with Gasteiger partial charge < -0.3 is 23.4 Å². The standard InChI is InChI=1S/C21H27F3N2O7S/c1-20(2,3)31-19(28)26-10-8-13(9-11-26)4-6-16-14-5-7-17(15(12-27)18(14)32-25-16)33-34(29,30)21(22,23)24/h5,7,13,27H,4,6,8-12H2,1-3H3. The lowest BCUT2D eigenvalue weighted by molar-refractivity contribution is -0.0500. The first kappa shape index (κ1) is 26.1. The third-order valence-electron chi connectivity index (χ3n) is 5.47. The number of likely N-dealkylation sites (tertiary alicyclic amines) is 1. The van der Waals surface area contributed by atoms with Crippen molar-refractivity contribution in [1.29, 1.82) is 0 Å². The summed E-state index contributed by atoms with van der Waals surface area (Å²) in [4.78, 5) is 13.9. The summed E-state index contributed by atoms with van der Waals surface area (Å²) in [5, 5.41) is 14.0. The molecule has 0 unspecified atom stereocenters. The Balaban J connectivity index is 1.65. The molecule has 1 aromatic carbocycles. The van der Waals surface area contributed by atoms with Gasteiger partial charge >= 0.3 is 21.7 Å². The Morgan fingerprint density at radius 3 is 2.44 bits per heavy atom. The van der Waals surface area contributed by atoms with Crippen LogP contribution >= 0.6 is 0 Å². The molecule has 1 aliphatic rings. The van der Waals surface area contributed by atoms with E-state index in [2.05, 4.69) is 9.34 Å². The number of amides is 1. The van der Waals surface area contributed by atoms with Gasteiger partial charge in [0.1, 0.15) is 5.60 Å². The van der Waals surface area contributed by atoms with Crippen molar-refractivity contribution >= 4 is 27.2 Å². The first-order valence-corrected chi connectivity index (χ1v) is 12.1. The van der Waals surface area contributed by atoms with Crippen LogP contribution in [-0.2, 0) is 27.9 Å². The van der Waals surface area contributed by atoms with Crippen LogP contribution in [-0.4, -0.2) is 53.9 Å². The van der Waals surface area contributed by atoms with Crippen LogP contribution in [0.5, 0.6) is 5.75 Å². The minimum absolute atomic E-state index is 0.0351. The lowest BCUT2D eigenvalue weighted by atomic mass is 9.91. The molecule has 13 heteroatoms. The Morgan fingerprint density at radius 2 is 1.88 bits per heavy atom. The topological polar surface area (TPSA) is 119 Å². The average molecular weight is 509 g/mol. The lowest BCUT2D eigenvalue weighted by Crippen LogP contribution is -2.41. The molecule has 3 rings (SSSR count). The average Bonchev–Trinajstić information content (AvgIpc) is 3.13. The van der Waals surface area contributed by atoms with Gasteiger partial charge in [-0.3, -0.25) is 0 Å². The highest BCUT2D eigenvalue weighted by molar-refractivity contribution is 7.88. The number of aryl methyl sites for hydroxylation is 1. The van der Waals surface area contributed by atoms with Gasteiger partial charge in [-0.25, -0.2) is 4.79 Å². The second kappa shape index (κ2) is 9.61. The van der Waals surface area contributed by atoms with Crippen molar-refractivity contribution in [3.63, 3.8) is 0 Å². The van der Waals surface area contributed by atoms with Crippen molar-refractivity contribution in [1.82, 2.24) is 10.1 Å². The van der Waals surface area contributed by atoms with Crippen LogP contribution in [0, 0.1) is 5.92 Å². The molecule has 190 valence electrons. The largest absolute Gasteiger partial charge is 0.534 e. The fraction of sp³-hybridized carbons (Fsp3) is 0.619. The summed E-state index contributed by atoms with van der Waals surface area (Å²) in [6, 6.07) is 2.39. The molecular formula is C21H27F3N2O7S. The van der Waals surface area contributed by atoms with E-state index in [4.69, 9.17) is 9.26 Å². The molecule has 0 saturated carbocycles. The minimum Gasteiger partial charge on any atom is -0.444 e. The van der Waals surface area contributed by atoms with Crippen LogP contribution in [0.25, 0.3) is 11.0 Å². The van der Waals surface area contributed by atoms with Crippen molar-refractivity contribution in [2.24, 2.45) is 5.92 Å². The molecule has 34 heavy (non-hydrogen) atoms. The van der Waals surface area contributed by atoms with Gasteiger partial charge in [0.15, 0.2) is 11.3 Å². The third-order valence-corrected chi connectivity index (χ3v) is 6.44. The normalized spacial score (nSPS) is 16.1. The number of carbonyl (C=O) groups excluding carboxylic acids is 1. The number of halogens is 3.